The molecule has 0 saturated heterocycles. The Morgan fingerprint density at radius 1 is 1.44 bits per heavy atom. The van der Waals surface area contributed by atoms with E-state index < -0.39 is 0 Å². The Morgan fingerprint density at radius 3 is 2.83 bits per heavy atom. The standard InChI is InChI=1S/C13H24N4S/c1-4-6-8-15-13(14)16-9-7-12-17-11(5-2)10(3)18-12/h4-9H2,1-3H3,(H3,14,15,16). The largest absolute Gasteiger partial charge is 0.370 e. The molecule has 0 unspecified atom stereocenters. The van der Waals surface area contributed by atoms with Gasteiger partial charge in [0.25, 0.3) is 0 Å². The first-order valence-corrected chi connectivity index (χ1v) is 7.48. The summed E-state index contributed by atoms with van der Waals surface area (Å²) in [5.41, 5.74) is 6.98. The van der Waals surface area contributed by atoms with Crippen LogP contribution in [-0.4, -0.2) is 24.0 Å². The van der Waals surface area contributed by atoms with Crippen LogP contribution in [0.4, 0.5) is 0 Å². The first kappa shape index (κ1) is 15.0. The van der Waals surface area contributed by atoms with Crippen molar-refractivity contribution >= 4 is 17.3 Å². The van der Waals surface area contributed by atoms with Crippen molar-refractivity contribution in [1.82, 2.24) is 10.3 Å². The summed E-state index contributed by atoms with van der Waals surface area (Å²) in [4.78, 5) is 10.2. The number of hydrogen-bond acceptors (Lipinski definition) is 3. The van der Waals surface area contributed by atoms with Gasteiger partial charge >= 0.3 is 0 Å². The van der Waals surface area contributed by atoms with E-state index in [0.29, 0.717) is 5.96 Å². The minimum Gasteiger partial charge on any atom is -0.370 e. The molecule has 0 fully saturated rings. The van der Waals surface area contributed by atoms with Gasteiger partial charge in [-0.3, -0.25) is 4.99 Å². The molecule has 0 aromatic carbocycles. The number of unbranched alkanes of at least 4 members (excludes halogenated alkanes) is 1. The molecule has 1 heterocycles. The minimum absolute atomic E-state index is 0.549. The molecule has 1 aromatic heterocycles. The van der Waals surface area contributed by atoms with Gasteiger partial charge in [0.05, 0.1) is 10.7 Å². The fourth-order valence-corrected chi connectivity index (χ4v) is 2.65. The van der Waals surface area contributed by atoms with Gasteiger partial charge in [-0.25, -0.2) is 4.98 Å². The summed E-state index contributed by atoms with van der Waals surface area (Å²) < 4.78 is 0. The van der Waals surface area contributed by atoms with Gasteiger partial charge in [0, 0.05) is 24.4 Å². The summed E-state index contributed by atoms with van der Waals surface area (Å²) >= 11 is 1.78. The van der Waals surface area contributed by atoms with Crippen LogP contribution in [0.1, 0.15) is 42.3 Å². The number of hydrogen-bond donors (Lipinski definition) is 2. The molecule has 0 aliphatic rings. The molecule has 5 heteroatoms. The van der Waals surface area contributed by atoms with Crippen molar-refractivity contribution < 1.29 is 0 Å². The average molecular weight is 268 g/mol. The number of aryl methyl sites for hydroxylation is 2. The zero-order valence-corrected chi connectivity index (χ0v) is 12.4. The summed E-state index contributed by atoms with van der Waals surface area (Å²) in [5, 5.41) is 4.31. The molecule has 102 valence electrons. The second-order valence-electron chi connectivity index (χ2n) is 4.26. The lowest BCUT2D eigenvalue weighted by atomic mass is 10.3. The zero-order valence-electron chi connectivity index (χ0n) is 11.6. The predicted octanol–water partition coefficient (Wildman–Crippen LogP) is 2.26. The Kier molecular flexibility index (Phi) is 6.72. The van der Waals surface area contributed by atoms with E-state index in [-0.39, 0.29) is 0 Å². The SMILES string of the molecule is CCCCN=C(N)NCCc1nc(CC)c(C)s1. The van der Waals surface area contributed by atoms with Gasteiger partial charge < -0.3 is 11.1 Å². The normalized spacial score (nSPS) is 11.8. The van der Waals surface area contributed by atoms with E-state index in [1.165, 1.54) is 15.6 Å². The van der Waals surface area contributed by atoms with Gasteiger partial charge in [0.1, 0.15) is 0 Å². The highest BCUT2D eigenvalue weighted by Crippen LogP contribution is 2.17. The van der Waals surface area contributed by atoms with E-state index in [4.69, 9.17) is 5.73 Å². The number of thiazole rings is 1. The third-order valence-corrected chi connectivity index (χ3v) is 3.78. The van der Waals surface area contributed by atoms with Crippen LogP contribution in [0.2, 0.25) is 0 Å². The van der Waals surface area contributed by atoms with E-state index >= 15 is 0 Å². The quantitative estimate of drug-likeness (QED) is 0.453. The van der Waals surface area contributed by atoms with Crippen molar-refractivity contribution in [2.45, 2.75) is 46.5 Å². The molecular formula is C13H24N4S. The first-order valence-electron chi connectivity index (χ1n) is 6.66. The van der Waals surface area contributed by atoms with Crippen LogP contribution in [0.5, 0.6) is 0 Å². The van der Waals surface area contributed by atoms with E-state index in [9.17, 15) is 0 Å². The summed E-state index contributed by atoms with van der Waals surface area (Å²) in [6.07, 6.45) is 4.16. The van der Waals surface area contributed by atoms with Gasteiger partial charge in [0.2, 0.25) is 0 Å². The van der Waals surface area contributed by atoms with Crippen LogP contribution in [0.15, 0.2) is 4.99 Å². The lowest BCUT2D eigenvalue weighted by Crippen LogP contribution is -2.33. The minimum atomic E-state index is 0.549. The van der Waals surface area contributed by atoms with Gasteiger partial charge in [-0.2, -0.15) is 0 Å². The summed E-state index contributed by atoms with van der Waals surface area (Å²) in [6, 6.07) is 0. The maximum Gasteiger partial charge on any atom is 0.188 e. The monoisotopic (exact) mass is 268 g/mol. The summed E-state index contributed by atoms with van der Waals surface area (Å²) in [5.74, 6) is 0.549. The van der Waals surface area contributed by atoms with Crippen LogP contribution < -0.4 is 11.1 Å². The molecule has 0 aliphatic carbocycles. The summed E-state index contributed by atoms with van der Waals surface area (Å²) in [7, 11) is 0. The third-order valence-electron chi connectivity index (χ3n) is 2.71. The van der Waals surface area contributed by atoms with Crippen LogP contribution in [0.3, 0.4) is 0 Å². The second kappa shape index (κ2) is 8.08. The molecule has 0 atom stereocenters. The predicted molar refractivity (Wildman–Crippen MR) is 79.3 cm³/mol. The molecular weight excluding hydrogens is 244 g/mol. The highest BCUT2D eigenvalue weighted by Gasteiger charge is 2.05. The van der Waals surface area contributed by atoms with Crippen LogP contribution >= 0.6 is 11.3 Å². The Balaban J connectivity index is 2.30. The molecule has 0 bridgehead atoms. The van der Waals surface area contributed by atoms with Crippen LogP contribution in [0, 0.1) is 6.92 Å². The highest BCUT2D eigenvalue weighted by atomic mass is 32.1. The number of nitrogens with one attached hydrogen (secondary N) is 1. The van der Waals surface area contributed by atoms with Gasteiger partial charge in [-0.05, 0) is 19.8 Å². The number of aromatic nitrogens is 1. The van der Waals surface area contributed by atoms with E-state index in [1.54, 1.807) is 11.3 Å². The number of nitrogens with zero attached hydrogens (tertiary/aromatic N) is 2. The fourth-order valence-electron chi connectivity index (χ4n) is 1.63. The molecule has 4 nitrogen and oxygen atoms in total. The van der Waals surface area contributed by atoms with E-state index in [0.717, 1.165) is 38.8 Å². The molecule has 0 saturated carbocycles. The highest BCUT2D eigenvalue weighted by molar-refractivity contribution is 7.11. The number of rotatable bonds is 7. The maximum absolute atomic E-state index is 5.76. The lowest BCUT2D eigenvalue weighted by Gasteiger charge is -2.03. The Morgan fingerprint density at radius 2 is 2.22 bits per heavy atom. The molecule has 0 radical (unpaired) electrons. The molecule has 1 aromatic rings. The van der Waals surface area contributed by atoms with Crippen molar-refractivity contribution in [3.05, 3.63) is 15.6 Å². The van der Waals surface area contributed by atoms with Gasteiger partial charge in [0.15, 0.2) is 5.96 Å². The third kappa shape index (κ3) is 5.04. The second-order valence-corrected chi connectivity index (χ2v) is 5.55. The van der Waals surface area contributed by atoms with E-state index in [2.05, 4.69) is 36.1 Å². The van der Waals surface area contributed by atoms with Gasteiger partial charge in [-0.15, -0.1) is 11.3 Å². The van der Waals surface area contributed by atoms with Crippen molar-refractivity contribution in [2.24, 2.45) is 10.7 Å². The number of nitrogens with two attached hydrogens (primary N) is 1. The van der Waals surface area contributed by atoms with Crippen molar-refractivity contribution in [3.8, 4) is 0 Å². The van der Waals surface area contributed by atoms with Gasteiger partial charge in [-0.1, -0.05) is 20.3 Å². The molecule has 1 rings (SSSR count). The Hall–Kier alpha value is -1.10. The fraction of sp³-hybridized carbons (Fsp3) is 0.692. The number of aliphatic imine (C=N–C) groups is 1. The maximum atomic E-state index is 5.76. The zero-order chi connectivity index (χ0) is 13.4. The van der Waals surface area contributed by atoms with Crippen LogP contribution in [0.25, 0.3) is 0 Å². The molecule has 3 N–H and O–H groups in total. The van der Waals surface area contributed by atoms with Crippen molar-refractivity contribution in [2.75, 3.05) is 13.1 Å². The molecule has 0 spiro atoms. The molecule has 0 amide bonds. The Labute approximate surface area is 114 Å². The lowest BCUT2D eigenvalue weighted by molar-refractivity contribution is 0.789. The van der Waals surface area contributed by atoms with Crippen LogP contribution in [-0.2, 0) is 12.8 Å². The molecule has 0 aliphatic heterocycles. The summed E-state index contributed by atoms with van der Waals surface area (Å²) in [6.45, 7) is 8.04. The van der Waals surface area contributed by atoms with E-state index in [1.807, 2.05) is 0 Å². The Bertz CT molecular complexity index is 384. The topological polar surface area (TPSA) is 63.3 Å². The van der Waals surface area contributed by atoms with Crippen molar-refractivity contribution in [3.63, 3.8) is 0 Å². The van der Waals surface area contributed by atoms with Crippen molar-refractivity contribution in [1.29, 1.82) is 0 Å². The first-order chi connectivity index (χ1) is 8.67. The smallest absolute Gasteiger partial charge is 0.188 e. The molecule has 18 heavy (non-hydrogen) atoms. The average Bonchev–Trinajstić information content (AvgIpc) is 2.70. The number of guanidine groups is 1.